The maximum Gasteiger partial charge on any atom is 0.289 e. The first-order valence-corrected chi connectivity index (χ1v) is 8.56. The van der Waals surface area contributed by atoms with Crippen molar-refractivity contribution in [2.75, 3.05) is 5.32 Å². The van der Waals surface area contributed by atoms with Crippen LogP contribution >= 0.6 is 0 Å². The molecule has 5 nitrogen and oxygen atoms in total. The number of carbonyl (C=O) groups excluding carboxylic acids is 2. The largest absolute Gasteiger partial charge is 0.323 e. The lowest BCUT2D eigenvalue weighted by atomic mass is 10.0. The molecule has 1 aliphatic rings. The summed E-state index contributed by atoms with van der Waals surface area (Å²) < 4.78 is 1.86. The molecule has 0 saturated carbocycles. The van der Waals surface area contributed by atoms with Gasteiger partial charge in [-0.1, -0.05) is 24.3 Å². The highest BCUT2D eigenvalue weighted by atomic mass is 16.2. The molecular formula is C20H24N3O2+. The molecule has 0 radical (unpaired) electrons. The number of aromatic nitrogens is 1. The second kappa shape index (κ2) is 6.67. The average molecular weight is 338 g/mol. The number of amides is 2. The quantitative estimate of drug-likeness (QED) is 0.875. The number of carbonyl (C=O) groups is 2. The number of nitrogens with zero attached hydrogens (tertiary/aromatic N) is 2. The van der Waals surface area contributed by atoms with Gasteiger partial charge in [-0.05, 0) is 38.8 Å². The molecular weight excluding hydrogens is 314 g/mol. The molecule has 0 saturated heterocycles. The van der Waals surface area contributed by atoms with Crippen molar-refractivity contribution >= 4 is 17.5 Å². The van der Waals surface area contributed by atoms with Gasteiger partial charge in [0.2, 0.25) is 12.2 Å². The van der Waals surface area contributed by atoms with E-state index in [-0.39, 0.29) is 24.4 Å². The summed E-state index contributed by atoms with van der Waals surface area (Å²) in [6.07, 6.45) is 1.85. The molecule has 3 rings (SSSR count). The van der Waals surface area contributed by atoms with E-state index in [0.717, 1.165) is 22.5 Å². The Morgan fingerprint density at radius 3 is 2.48 bits per heavy atom. The van der Waals surface area contributed by atoms with Crippen molar-refractivity contribution in [1.82, 2.24) is 4.90 Å². The van der Waals surface area contributed by atoms with Crippen LogP contribution in [0.3, 0.4) is 0 Å². The highest BCUT2D eigenvalue weighted by molar-refractivity contribution is 5.98. The lowest BCUT2D eigenvalue weighted by molar-refractivity contribution is -0.699. The van der Waals surface area contributed by atoms with Gasteiger partial charge in [0, 0.05) is 23.9 Å². The summed E-state index contributed by atoms with van der Waals surface area (Å²) in [5.74, 6) is -0.223. The van der Waals surface area contributed by atoms with E-state index in [2.05, 4.69) is 5.32 Å². The minimum absolute atomic E-state index is 0.0413. The van der Waals surface area contributed by atoms with Crippen LogP contribution in [0.15, 0.2) is 42.6 Å². The van der Waals surface area contributed by atoms with Crippen LogP contribution in [-0.2, 0) is 16.1 Å². The number of anilines is 1. The average Bonchev–Trinajstić information content (AvgIpc) is 2.56. The normalized spacial score (nSPS) is 16.8. The van der Waals surface area contributed by atoms with Gasteiger partial charge in [-0.2, -0.15) is 4.57 Å². The van der Waals surface area contributed by atoms with Gasteiger partial charge in [-0.3, -0.25) is 9.59 Å². The molecule has 5 heteroatoms. The molecule has 0 spiro atoms. The van der Waals surface area contributed by atoms with Gasteiger partial charge in [0.25, 0.3) is 11.8 Å². The number of aryl methyl sites for hydroxylation is 2. The van der Waals surface area contributed by atoms with E-state index in [9.17, 15) is 9.59 Å². The van der Waals surface area contributed by atoms with Gasteiger partial charge in [0.05, 0.1) is 0 Å². The molecule has 0 bridgehead atoms. The third-order valence-corrected chi connectivity index (χ3v) is 4.66. The number of hydrogen-bond acceptors (Lipinski definition) is 2. The minimum Gasteiger partial charge on any atom is -0.323 e. The summed E-state index contributed by atoms with van der Waals surface area (Å²) in [5.41, 5.74) is 3.66. The lowest BCUT2D eigenvalue weighted by Crippen LogP contribution is -2.59. The Labute approximate surface area is 148 Å². The Kier molecular flexibility index (Phi) is 4.57. The second-order valence-corrected chi connectivity index (χ2v) is 6.81. The van der Waals surface area contributed by atoms with Crippen LogP contribution in [-0.4, -0.2) is 22.8 Å². The van der Waals surface area contributed by atoms with Crippen molar-refractivity contribution in [2.45, 2.75) is 46.3 Å². The fourth-order valence-electron chi connectivity index (χ4n) is 3.45. The lowest BCUT2D eigenvalue weighted by Gasteiger charge is -2.35. The van der Waals surface area contributed by atoms with Gasteiger partial charge in [0.15, 0.2) is 12.2 Å². The van der Waals surface area contributed by atoms with Crippen LogP contribution < -0.4 is 9.88 Å². The first kappa shape index (κ1) is 17.1. The molecule has 1 atom stereocenters. The first-order chi connectivity index (χ1) is 11.9. The number of benzene rings is 1. The van der Waals surface area contributed by atoms with Gasteiger partial charge in [-0.25, -0.2) is 0 Å². The van der Waals surface area contributed by atoms with Crippen molar-refractivity contribution in [3.8, 4) is 0 Å². The van der Waals surface area contributed by atoms with Crippen LogP contribution in [0.1, 0.15) is 36.7 Å². The Balaban J connectivity index is 2.02. The van der Waals surface area contributed by atoms with Crippen LogP contribution in [0, 0.1) is 13.8 Å². The van der Waals surface area contributed by atoms with E-state index in [4.69, 9.17) is 0 Å². The van der Waals surface area contributed by atoms with E-state index in [0.29, 0.717) is 0 Å². The Morgan fingerprint density at radius 2 is 1.84 bits per heavy atom. The molecule has 2 heterocycles. The molecule has 1 N–H and O–H groups in total. The predicted octanol–water partition coefficient (Wildman–Crippen LogP) is 2.52. The Bertz CT molecular complexity index is 809. The van der Waals surface area contributed by atoms with E-state index in [1.54, 1.807) is 4.90 Å². The SMILES string of the molecule is Cc1cccc(C)c1NC(=O)[C@@H]1c2cccc[n+]2CC(=O)N1C(C)C. The maximum absolute atomic E-state index is 13.2. The number of rotatable bonds is 3. The summed E-state index contributed by atoms with van der Waals surface area (Å²) in [6.45, 7) is 8.09. The predicted molar refractivity (Wildman–Crippen MR) is 95.9 cm³/mol. The van der Waals surface area contributed by atoms with Gasteiger partial charge >= 0.3 is 0 Å². The molecule has 0 unspecified atom stereocenters. The Morgan fingerprint density at radius 1 is 1.16 bits per heavy atom. The van der Waals surface area contributed by atoms with Crippen LogP contribution in [0.25, 0.3) is 0 Å². The molecule has 0 fully saturated rings. The topological polar surface area (TPSA) is 53.3 Å². The molecule has 130 valence electrons. The molecule has 2 amide bonds. The number of pyridine rings is 1. The summed E-state index contributed by atoms with van der Waals surface area (Å²) in [7, 11) is 0. The van der Waals surface area contributed by atoms with Crippen LogP contribution in [0.2, 0.25) is 0 Å². The zero-order chi connectivity index (χ0) is 18.1. The number of fused-ring (bicyclic) bond motifs is 1. The summed E-state index contributed by atoms with van der Waals surface area (Å²) in [6, 6.07) is 10.9. The molecule has 1 aromatic carbocycles. The Hall–Kier alpha value is -2.69. The van der Waals surface area contributed by atoms with Crippen LogP contribution in [0.4, 0.5) is 5.69 Å². The molecule has 25 heavy (non-hydrogen) atoms. The van der Waals surface area contributed by atoms with E-state index < -0.39 is 6.04 Å². The first-order valence-electron chi connectivity index (χ1n) is 8.56. The van der Waals surface area contributed by atoms with Crippen molar-refractivity contribution in [2.24, 2.45) is 0 Å². The number of para-hydroxylation sites is 1. The number of nitrogens with one attached hydrogen (secondary N) is 1. The van der Waals surface area contributed by atoms with E-state index in [1.165, 1.54) is 0 Å². The molecule has 0 aliphatic carbocycles. The van der Waals surface area contributed by atoms with Gasteiger partial charge < -0.3 is 10.2 Å². The third-order valence-electron chi connectivity index (χ3n) is 4.66. The molecule has 1 aliphatic heterocycles. The maximum atomic E-state index is 13.2. The standard InChI is InChI=1S/C20H23N3O2/c1-13(2)23-17(24)12-22-11-6-5-10-16(22)19(23)20(25)21-18-14(3)8-7-9-15(18)4/h5-11,13,19H,12H2,1-4H3/p+1/t19-/m0/s1. The molecule has 1 aromatic heterocycles. The van der Waals surface area contributed by atoms with Crippen molar-refractivity contribution < 1.29 is 14.2 Å². The highest BCUT2D eigenvalue weighted by Crippen LogP contribution is 2.27. The number of hydrogen-bond donors (Lipinski definition) is 1. The monoisotopic (exact) mass is 338 g/mol. The summed E-state index contributed by atoms with van der Waals surface area (Å²) in [4.78, 5) is 27.5. The highest BCUT2D eigenvalue weighted by Gasteiger charge is 2.43. The smallest absolute Gasteiger partial charge is 0.289 e. The minimum atomic E-state index is -0.638. The second-order valence-electron chi connectivity index (χ2n) is 6.81. The zero-order valence-electron chi connectivity index (χ0n) is 15.1. The summed E-state index contributed by atoms with van der Waals surface area (Å²) in [5, 5.41) is 3.05. The van der Waals surface area contributed by atoms with Crippen molar-refractivity contribution in [3.63, 3.8) is 0 Å². The van der Waals surface area contributed by atoms with Gasteiger partial charge in [0.1, 0.15) is 0 Å². The van der Waals surface area contributed by atoms with E-state index >= 15 is 0 Å². The zero-order valence-corrected chi connectivity index (χ0v) is 15.1. The van der Waals surface area contributed by atoms with Crippen molar-refractivity contribution in [1.29, 1.82) is 0 Å². The van der Waals surface area contributed by atoms with E-state index in [1.807, 2.05) is 74.9 Å². The fourth-order valence-corrected chi connectivity index (χ4v) is 3.45. The van der Waals surface area contributed by atoms with Crippen LogP contribution in [0.5, 0.6) is 0 Å². The molecule has 2 aromatic rings. The summed E-state index contributed by atoms with van der Waals surface area (Å²) >= 11 is 0. The van der Waals surface area contributed by atoms with Crippen molar-refractivity contribution in [3.05, 3.63) is 59.4 Å². The fraction of sp³-hybridized carbons (Fsp3) is 0.350. The third kappa shape index (κ3) is 3.14. The van der Waals surface area contributed by atoms with Gasteiger partial charge in [-0.15, -0.1) is 0 Å².